The number of para-hydroxylation sites is 1. The van der Waals surface area contributed by atoms with Gasteiger partial charge in [-0.25, -0.2) is 9.07 Å². The molecule has 5 N–H and O–H groups in total. The van der Waals surface area contributed by atoms with E-state index in [0.29, 0.717) is 5.82 Å². The molecule has 1 aliphatic rings. The number of ether oxygens (including phenoxy) is 1. The molecule has 13 nitrogen and oxygen atoms in total. The van der Waals surface area contributed by atoms with E-state index >= 15 is 0 Å². The molecular formula is C30H28FN7O6. The summed E-state index contributed by atoms with van der Waals surface area (Å²) in [7, 11) is 0. The van der Waals surface area contributed by atoms with Crippen molar-refractivity contribution < 1.29 is 33.5 Å². The molecule has 0 radical (unpaired) electrons. The molecule has 2 aromatic carbocycles. The van der Waals surface area contributed by atoms with Crippen LogP contribution in [-0.2, 0) is 16.0 Å². The Labute approximate surface area is 249 Å². The fourth-order valence-corrected chi connectivity index (χ4v) is 5.27. The number of phenols is 1. The van der Waals surface area contributed by atoms with E-state index in [1.165, 1.54) is 23.1 Å². The highest BCUT2D eigenvalue weighted by molar-refractivity contribution is 5.98. The lowest BCUT2D eigenvalue weighted by Crippen LogP contribution is -2.63. The van der Waals surface area contributed by atoms with Crippen LogP contribution in [0.2, 0.25) is 0 Å². The number of nitrogens with one attached hydrogen (secondary N) is 1. The van der Waals surface area contributed by atoms with Crippen molar-refractivity contribution in [3.05, 3.63) is 89.6 Å². The van der Waals surface area contributed by atoms with Crippen LogP contribution in [0.4, 0.5) is 16.0 Å². The maximum Gasteiger partial charge on any atom is 0.260 e. The number of aliphatic hydroxyl groups is 1. The summed E-state index contributed by atoms with van der Waals surface area (Å²) in [5.41, 5.74) is 5.41. The zero-order chi connectivity index (χ0) is 31.0. The summed E-state index contributed by atoms with van der Waals surface area (Å²) in [4.78, 5) is 32.5. The first-order chi connectivity index (χ1) is 21.1. The number of carbonyl (C=O) groups is 2. The summed E-state index contributed by atoms with van der Waals surface area (Å²) in [6.07, 6.45) is 1.52. The Kier molecular flexibility index (Phi) is 7.45. The molecule has 44 heavy (non-hydrogen) atoms. The predicted molar refractivity (Wildman–Crippen MR) is 156 cm³/mol. The number of halogens is 1. The van der Waals surface area contributed by atoms with Crippen molar-refractivity contribution in [3.8, 4) is 11.4 Å². The van der Waals surface area contributed by atoms with Crippen LogP contribution in [0.15, 0.2) is 71.5 Å². The average Bonchev–Trinajstić information content (AvgIpc) is 3.64. The van der Waals surface area contributed by atoms with Crippen molar-refractivity contribution in [1.29, 1.82) is 0 Å². The van der Waals surface area contributed by atoms with Gasteiger partial charge in [-0.05, 0) is 48.9 Å². The van der Waals surface area contributed by atoms with Crippen LogP contribution in [0.5, 0.6) is 5.75 Å². The molecule has 226 valence electrons. The summed E-state index contributed by atoms with van der Waals surface area (Å²) in [6.45, 7) is 1.55. The molecule has 2 atom stereocenters. The van der Waals surface area contributed by atoms with Crippen LogP contribution < -0.4 is 16.0 Å². The first kappa shape index (κ1) is 28.8. The minimum atomic E-state index is -2.09. The molecule has 1 fully saturated rings. The number of aromatic hydroxyl groups is 1. The van der Waals surface area contributed by atoms with Crippen LogP contribution in [0, 0.1) is 12.7 Å². The van der Waals surface area contributed by atoms with Crippen LogP contribution in [0.1, 0.15) is 21.6 Å². The fraction of sp³-hybridized carbons (Fsp3) is 0.233. The number of amides is 2. The number of nitrogens with two attached hydrogens (primary N) is 1. The molecular weight excluding hydrogens is 573 g/mol. The lowest BCUT2D eigenvalue weighted by Gasteiger charge is -2.40. The standard InChI is InChI=1S/C30H28FN7O6/c1-17-12-19(6-8-33-17)38-9-7-24(35-38)37-10-11-43-26(29(37)41)30(42,16-34-28(40)20-4-2-3-5-22(20)39)15-18-13-21(31)25-23(14-18)44-36-27(25)32/h2-9,12-14,26,39,42H,10-11,15-16H2,1H3,(H2,32,36)(H,34,40)/t26-,30?/m0/s1. The SMILES string of the molecule is Cc1cc(-n2ccc(N3CCO[C@H](C(O)(CNC(=O)c4ccccc4O)Cc4cc(F)c5c(N)noc5c4)C3=O)n2)ccn1. The number of morpholine rings is 1. The van der Waals surface area contributed by atoms with E-state index in [4.69, 9.17) is 15.0 Å². The second-order valence-electron chi connectivity index (χ2n) is 10.5. The number of aromatic nitrogens is 4. The second-order valence-corrected chi connectivity index (χ2v) is 10.5. The number of rotatable bonds is 8. The number of aryl methyl sites for hydroxylation is 1. The van der Waals surface area contributed by atoms with Crippen LogP contribution >= 0.6 is 0 Å². The van der Waals surface area contributed by atoms with Gasteiger partial charge in [-0.3, -0.25) is 19.5 Å². The minimum absolute atomic E-state index is 0.0127. The summed E-state index contributed by atoms with van der Waals surface area (Å²) < 4.78 is 27.5. The molecule has 0 saturated carbocycles. The Morgan fingerprint density at radius 1 is 1.23 bits per heavy atom. The Morgan fingerprint density at radius 3 is 2.84 bits per heavy atom. The predicted octanol–water partition coefficient (Wildman–Crippen LogP) is 2.28. The second kappa shape index (κ2) is 11.4. The lowest BCUT2D eigenvalue weighted by atomic mass is 9.86. The number of pyridine rings is 1. The smallest absolute Gasteiger partial charge is 0.260 e. The number of nitrogens with zero attached hydrogens (tertiary/aromatic N) is 5. The quantitative estimate of drug-likeness (QED) is 0.206. The molecule has 6 rings (SSSR count). The van der Waals surface area contributed by atoms with Crippen molar-refractivity contribution in [2.75, 3.05) is 30.3 Å². The first-order valence-corrected chi connectivity index (χ1v) is 13.7. The number of carbonyl (C=O) groups excluding carboxylic acids is 2. The van der Waals surface area contributed by atoms with E-state index in [0.717, 1.165) is 17.4 Å². The molecule has 1 saturated heterocycles. The Bertz CT molecular complexity index is 1870. The zero-order valence-corrected chi connectivity index (χ0v) is 23.5. The van der Waals surface area contributed by atoms with Gasteiger partial charge in [-0.15, -0.1) is 5.10 Å². The van der Waals surface area contributed by atoms with E-state index in [1.54, 1.807) is 41.3 Å². The van der Waals surface area contributed by atoms with Crippen LogP contribution in [0.3, 0.4) is 0 Å². The van der Waals surface area contributed by atoms with Gasteiger partial charge in [0.2, 0.25) is 0 Å². The number of anilines is 2. The number of hydrogen-bond acceptors (Lipinski definition) is 10. The number of phenolic OH excluding ortho intramolecular Hbond substituents is 1. The van der Waals surface area contributed by atoms with Gasteiger partial charge in [0.1, 0.15) is 22.6 Å². The van der Waals surface area contributed by atoms with Gasteiger partial charge in [0.25, 0.3) is 11.8 Å². The lowest BCUT2D eigenvalue weighted by molar-refractivity contribution is -0.157. The van der Waals surface area contributed by atoms with E-state index in [2.05, 4.69) is 20.6 Å². The third kappa shape index (κ3) is 5.43. The van der Waals surface area contributed by atoms with Gasteiger partial charge in [0.15, 0.2) is 23.3 Å². The van der Waals surface area contributed by atoms with Gasteiger partial charge in [0, 0.05) is 30.6 Å². The van der Waals surface area contributed by atoms with Crippen molar-refractivity contribution in [2.24, 2.45) is 0 Å². The molecule has 3 aromatic heterocycles. The maximum absolute atomic E-state index is 15.0. The molecule has 4 heterocycles. The largest absolute Gasteiger partial charge is 0.507 e. The van der Waals surface area contributed by atoms with E-state index in [9.17, 15) is 24.2 Å². The van der Waals surface area contributed by atoms with Gasteiger partial charge in [-0.2, -0.15) is 0 Å². The van der Waals surface area contributed by atoms with Crippen LogP contribution in [0.25, 0.3) is 16.7 Å². The Hall–Kier alpha value is -5.34. The number of nitrogen functional groups attached to an aromatic ring is 1. The summed E-state index contributed by atoms with van der Waals surface area (Å²) in [5, 5.41) is 32.9. The molecule has 5 aromatic rings. The fourth-order valence-electron chi connectivity index (χ4n) is 5.27. The molecule has 2 amide bonds. The molecule has 1 unspecified atom stereocenters. The van der Waals surface area contributed by atoms with Gasteiger partial charge < -0.3 is 30.5 Å². The van der Waals surface area contributed by atoms with Gasteiger partial charge in [0.05, 0.1) is 30.9 Å². The zero-order valence-electron chi connectivity index (χ0n) is 23.5. The van der Waals surface area contributed by atoms with Crippen molar-refractivity contribution in [3.63, 3.8) is 0 Å². The van der Waals surface area contributed by atoms with Crippen LogP contribution in [-0.4, -0.2) is 73.3 Å². The maximum atomic E-state index is 15.0. The highest BCUT2D eigenvalue weighted by Gasteiger charge is 2.47. The third-order valence-electron chi connectivity index (χ3n) is 7.40. The van der Waals surface area contributed by atoms with Crippen molar-refractivity contribution >= 4 is 34.4 Å². The summed E-state index contributed by atoms with van der Waals surface area (Å²) >= 11 is 0. The number of benzene rings is 2. The third-order valence-corrected chi connectivity index (χ3v) is 7.40. The topological polar surface area (TPSA) is 182 Å². The molecule has 0 bridgehead atoms. The number of hydrogen-bond donors (Lipinski definition) is 4. The summed E-state index contributed by atoms with van der Waals surface area (Å²) in [6, 6.07) is 13.8. The average molecular weight is 602 g/mol. The van der Waals surface area contributed by atoms with Gasteiger partial charge in [-0.1, -0.05) is 17.3 Å². The van der Waals surface area contributed by atoms with E-state index in [-0.39, 0.29) is 53.2 Å². The summed E-state index contributed by atoms with van der Waals surface area (Å²) in [5.74, 6) is -2.11. The van der Waals surface area contributed by atoms with Gasteiger partial charge >= 0.3 is 0 Å². The molecule has 0 aliphatic carbocycles. The molecule has 14 heteroatoms. The first-order valence-electron chi connectivity index (χ1n) is 13.7. The monoisotopic (exact) mass is 601 g/mol. The number of fused-ring (bicyclic) bond motifs is 1. The van der Waals surface area contributed by atoms with Crippen molar-refractivity contribution in [2.45, 2.75) is 25.0 Å². The van der Waals surface area contributed by atoms with E-state index < -0.39 is 35.9 Å². The minimum Gasteiger partial charge on any atom is -0.507 e. The van der Waals surface area contributed by atoms with Crippen molar-refractivity contribution in [1.82, 2.24) is 25.2 Å². The highest BCUT2D eigenvalue weighted by Crippen LogP contribution is 2.31. The Morgan fingerprint density at radius 2 is 2.05 bits per heavy atom. The normalized spacial score (nSPS) is 16.7. The Balaban J connectivity index is 1.31. The molecule has 0 spiro atoms. The van der Waals surface area contributed by atoms with E-state index in [1.807, 2.05) is 13.0 Å². The molecule has 1 aliphatic heterocycles. The highest BCUT2D eigenvalue weighted by atomic mass is 19.1.